The highest BCUT2D eigenvalue weighted by Crippen LogP contribution is 2.17. The van der Waals surface area contributed by atoms with E-state index in [9.17, 15) is 4.79 Å². The summed E-state index contributed by atoms with van der Waals surface area (Å²) < 4.78 is 4.94. The van der Waals surface area contributed by atoms with Gasteiger partial charge in [-0.3, -0.25) is 0 Å². The lowest BCUT2D eigenvalue weighted by molar-refractivity contribution is 0.0521. The molecule has 88 valence electrons. The van der Waals surface area contributed by atoms with Crippen LogP contribution in [-0.4, -0.2) is 29.6 Å². The maximum absolute atomic E-state index is 11.7. The molecule has 0 aliphatic carbocycles. The van der Waals surface area contributed by atoms with Crippen molar-refractivity contribution in [1.82, 2.24) is 9.97 Å². The summed E-state index contributed by atoms with van der Waals surface area (Å²) in [5.74, 6) is -0.0303. The second-order valence-corrected chi connectivity index (χ2v) is 3.38. The van der Waals surface area contributed by atoms with Gasteiger partial charge < -0.3 is 10.1 Å². The molecule has 1 aromatic carbocycles. The minimum absolute atomic E-state index is 0.216. The lowest BCUT2D eigenvalue weighted by atomic mass is 10.3. The maximum atomic E-state index is 11.7. The molecule has 0 saturated carbocycles. The number of ether oxygens (including phenoxy) is 1. The van der Waals surface area contributed by atoms with Crippen LogP contribution in [0, 0.1) is 0 Å². The fourth-order valence-corrected chi connectivity index (χ4v) is 1.52. The third kappa shape index (κ3) is 2.18. The van der Waals surface area contributed by atoms with E-state index in [1.807, 2.05) is 24.3 Å². The van der Waals surface area contributed by atoms with Crippen LogP contribution in [0.3, 0.4) is 0 Å². The number of benzene rings is 1. The molecule has 0 aliphatic heterocycles. The number of anilines is 1. The van der Waals surface area contributed by atoms with E-state index in [1.165, 1.54) is 0 Å². The van der Waals surface area contributed by atoms with Gasteiger partial charge in [-0.2, -0.15) is 0 Å². The molecule has 1 N–H and O–H groups in total. The smallest absolute Gasteiger partial charge is 0.360 e. The minimum Gasteiger partial charge on any atom is -0.461 e. The van der Waals surface area contributed by atoms with Crippen LogP contribution in [-0.2, 0) is 4.74 Å². The van der Waals surface area contributed by atoms with E-state index in [2.05, 4.69) is 15.3 Å². The molecule has 5 nitrogen and oxygen atoms in total. The van der Waals surface area contributed by atoms with Gasteiger partial charge in [-0.1, -0.05) is 12.1 Å². The second kappa shape index (κ2) is 4.78. The molecule has 1 heterocycles. The predicted octanol–water partition coefficient (Wildman–Crippen LogP) is 1.85. The van der Waals surface area contributed by atoms with Gasteiger partial charge in [0.1, 0.15) is 0 Å². The summed E-state index contributed by atoms with van der Waals surface area (Å²) in [6.07, 6.45) is 0. The summed E-state index contributed by atoms with van der Waals surface area (Å²) in [7, 11) is 1.70. The summed E-state index contributed by atoms with van der Waals surface area (Å²) in [5, 5.41) is 2.85. The first kappa shape index (κ1) is 11.3. The summed E-state index contributed by atoms with van der Waals surface area (Å²) in [6.45, 7) is 2.07. The molecule has 0 unspecified atom stereocenters. The molecule has 0 spiro atoms. The zero-order valence-corrected chi connectivity index (χ0v) is 9.73. The van der Waals surface area contributed by atoms with Crippen LogP contribution >= 0.6 is 0 Å². The van der Waals surface area contributed by atoms with Crippen molar-refractivity contribution in [2.24, 2.45) is 0 Å². The van der Waals surface area contributed by atoms with Crippen LogP contribution in [0.15, 0.2) is 24.3 Å². The molecule has 1 aromatic heterocycles. The van der Waals surface area contributed by atoms with E-state index in [0.29, 0.717) is 17.9 Å². The highest BCUT2D eigenvalue weighted by atomic mass is 16.5. The Morgan fingerprint density at radius 2 is 1.94 bits per heavy atom. The number of carbonyl (C=O) groups is 1. The van der Waals surface area contributed by atoms with Crippen LogP contribution in [0.1, 0.15) is 17.4 Å². The van der Waals surface area contributed by atoms with Crippen LogP contribution in [0.4, 0.5) is 5.82 Å². The van der Waals surface area contributed by atoms with Crippen molar-refractivity contribution in [3.05, 3.63) is 30.0 Å². The molecule has 0 bridgehead atoms. The fourth-order valence-electron chi connectivity index (χ4n) is 1.52. The molecular weight excluding hydrogens is 218 g/mol. The Morgan fingerprint density at radius 1 is 1.29 bits per heavy atom. The number of hydrogen-bond donors (Lipinski definition) is 1. The molecule has 0 amide bonds. The number of aromatic nitrogens is 2. The largest absolute Gasteiger partial charge is 0.461 e. The summed E-state index contributed by atoms with van der Waals surface area (Å²) in [4.78, 5) is 20.3. The highest BCUT2D eigenvalue weighted by Gasteiger charge is 2.16. The Balaban J connectivity index is 2.56. The SMILES string of the molecule is CCOC(=O)c1nc2ccccc2nc1NC. The summed E-state index contributed by atoms with van der Waals surface area (Å²) in [6, 6.07) is 7.38. The normalized spacial score (nSPS) is 10.2. The van der Waals surface area contributed by atoms with Crippen LogP contribution < -0.4 is 5.32 Å². The van der Waals surface area contributed by atoms with Crippen molar-refractivity contribution in [3.8, 4) is 0 Å². The van der Waals surface area contributed by atoms with Gasteiger partial charge >= 0.3 is 5.97 Å². The Hall–Kier alpha value is -2.17. The average Bonchev–Trinajstić information content (AvgIpc) is 2.37. The van der Waals surface area contributed by atoms with Crippen molar-refractivity contribution in [1.29, 1.82) is 0 Å². The number of esters is 1. The van der Waals surface area contributed by atoms with Crippen LogP contribution in [0.2, 0.25) is 0 Å². The first-order valence-corrected chi connectivity index (χ1v) is 5.38. The molecule has 0 fully saturated rings. The molecule has 2 rings (SSSR count). The maximum Gasteiger partial charge on any atom is 0.360 e. The Morgan fingerprint density at radius 3 is 2.53 bits per heavy atom. The van der Waals surface area contributed by atoms with Gasteiger partial charge in [-0.25, -0.2) is 14.8 Å². The highest BCUT2D eigenvalue weighted by molar-refractivity contribution is 5.95. The van der Waals surface area contributed by atoms with E-state index in [-0.39, 0.29) is 5.69 Å². The average molecular weight is 231 g/mol. The lowest BCUT2D eigenvalue weighted by Gasteiger charge is -2.07. The number of nitrogens with one attached hydrogen (secondary N) is 1. The Labute approximate surface area is 98.8 Å². The van der Waals surface area contributed by atoms with Gasteiger partial charge in [0.2, 0.25) is 0 Å². The summed E-state index contributed by atoms with van der Waals surface area (Å²) >= 11 is 0. The fraction of sp³-hybridized carbons (Fsp3) is 0.250. The number of rotatable bonds is 3. The first-order chi connectivity index (χ1) is 8.26. The molecule has 17 heavy (non-hydrogen) atoms. The monoisotopic (exact) mass is 231 g/mol. The molecule has 0 aliphatic rings. The molecule has 5 heteroatoms. The predicted molar refractivity (Wildman–Crippen MR) is 65.0 cm³/mol. The lowest BCUT2D eigenvalue weighted by Crippen LogP contribution is -2.12. The van der Waals surface area contributed by atoms with Crippen molar-refractivity contribution >= 4 is 22.8 Å². The van der Waals surface area contributed by atoms with E-state index in [0.717, 1.165) is 5.52 Å². The topological polar surface area (TPSA) is 64.1 Å². The third-order valence-corrected chi connectivity index (χ3v) is 2.28. The Kier molecular flexibility index (Phi) is 3.18. The Bertz CT molecular complexity index is 554. The quantitative estimate of drug-likeness (QED) is 0.817. The second-order valence-electron chi connectivity index (χ2n) is 3.38. The molecule has 2 aromatic rings. The zero-order chi connectivity index (χ0) is 12.3. The van der Waals surface area contributed by atoms with Crippen LogP contribution in [0.5, 0.6) is 0 Å². The minimum atomic E-state index is -0.463. The van der Waals surface area contributed by atoms with E-state index < -0.39 is 5.97 Å². The zero-order valence-electron chi connectivity index (χ0n) is 9.73. The van der Waals surface area contributed by atoms with Gasteiger partial charge in [0.25, 0.3) is 0 Å². The van der Waals surface area contributed by atoms with Crippen molar-refractivity contribution in [2.75, 3.05) is 19.0 Å². The van der Waals surface area contributed by atoms with E-state index in [4.69, 9.17) is 4.74 Å². The summed E-state index contributed by atoms with van der Waals surface area (Å²) in [5.41, 5.74) is 1.63. The van der Waals surface area contributed by atoms with Gasteiger partial charge in [-0.05, 0) is 19.1 Å². The standard InChI is InChI=1S/C12H13N3O2/c1-3-17-12(16)10-11(13-2)15-9-7-5-4-6-8(9)14-10/h4-7H,3H2,1-2H3,(H,13,15). The number of nitrogens with zero attached hydrogens (tertiary/aromatic N) is 2. The number of hydrogen-bond acceptors (Lipinski definition) is 5. The van der Waals surface area contributed by atoms with Crippen molar-refractivity contribution in [2.45, 2.75) is 6.92 Å². The number of para-hydroxylation sites is 2. The van der Waals surface area contributed by atoms with Crippen molar-refractivity contribution < 1.29 is 9.53 Å². The van der Waals surface area contributed by atoms with Gasteiger partial charge in [-0.15, -0.1) is 0 Å². The molecular formula is C12H13N3O2. The first-order valence-electron chi connectivity index (χ1n) is 5.38. The number of carbonyl (C=O) groups excluding carboxylic acids is 1. The van der Waals surface area contributed by atoms with E-state index >= 15 is 0 Å². The molecule has 0 atom stereocenters. The third-order valence-electron chi connectivity index (χ3n) is 2.28. The molecule has 0 radical (unpaired) electrons. The van der Waals surface area contributed by atoms with Gasteiger partial charge in [0.05, 0.1) is 17.6 Å². The van der Waals surface area contributed by atoms with E-state index in [1.54, 1.807) is 14.0 Å². The van der Waals surface area contributed by atoms with Crippen LogP contribution in [0.25, 0.3) is 11.0 Å². The van der Waals surface area contributed by atoms with Crippen molar-refractivity contribution in [3.63, 3.8) is 0 Å². The van der Waals surface area contributed by atoms with Gasteiger partial charge in [0, 0.05) is 7.05 Å². The van der Waals surface area contributed by atoms with Gasteiger partial charge in [0.15, 0.2) is 11.5 Å². The number of fused-ring (bicyclic) bond motifs is 1. The molecule has 0 saturated heterocycles.